The molecule has 0 amide bonds. The van der Waals surface area contributed by atoms with Crippen molar-refractivity contribution in [3.8, 4) is 0 Å². The molecule has 0 aliphatic carbocycles. The van der Waals surface area contributed by atoms with Crippen LogP contribution in [0.3, 0.4) is 0 Å². The zero-order chi connectivity index (χ0) is 20.4. The van der Waals surface area contributed by atoms with Gasteiger partial charge in [0.15, 0.2) is 6.23 Å². The molecule has 2 aromatic rings. The van der Waals surface area contributed by atoms with Crippen molar-refractivity contribution in [1.29, 1.82) is 0 Å². The Balaban J connectivity index is 1.82. The van der Waals surface area contributed by atoms with Crippen molar-refractivity contribution in [2.45, 2.75) is 36.9 Å². The van der Waals surface area contributed by atoms with Crippen LogP contribution in [0.1, 0.15) is 11.9 Å². The lowest BCUT2D eigenvalue weighted by Gasteiger charge is -2.24. The first-order valence-electron chi connectivity index (χ1n) is 8.37. The number of aromatic nitrogens is 4. The lowest BCUT2D eigenvalue weighted by molar-refractivity contribution is -0.138. The number of aliphatic hydroxyl groups is 2. The predicted octanol–water partition coefficient (Wildman–Crippen LogP) is -3.16. The van der Waals surface area contributed by atoms with Crippen molar-refractivity contribution in [3.05, 3.63) is 41.0 Å². The van der Waals surface area contributed by atoms with E-state index in [2.05, 4.69) is 15.4 Å². The second-order valence-corrected chi connectivity index (χ2v) is 6.36. The number of hydrogen-bond donors (Lipinski definition) is 6. The van der Waals surface area contributed by atoms with Crippen LogP contribution in [0.15, 0.2) is 29.6 Å². The van der Waals surface area contributed by atoms with E-state index in [1.807, 2.05) is 0 Å². The summed E-state index contributed by atoms with van der Waals surface area (Å²) in [5.41, 5.74) is 13.7. The SMILES string of the molecule is Nc1ccn([C@@H]2O[C@H](CO)C(O)C2Nn2cnc(C[C@H](N)C(=O)O)c2)c(=O)n1. The van der Waals surface area contributed by atoms with E-state index in [9.17, 15) is 19.8 Å². The Hall–Kier alpha value is -3.00. The molecule has 13 heteroatoms. The van der Waals surface area contributed by atoms with E-state index in [0.29, 0.717) is 5.69 Å². The molecule has 3 rings (SSSR count). The maximum atomic E-state index is 12.1. The first-order valence-corrected chi connectivity index (χ1v) is 8.37. The molecule has 1 aliphatic rings. The van der Waals surface area contributed by atoms with Gasteiger partial charge in [0, 0.05) is 18.8 Å². The van der Waals surface area contributed by atoms with Crippen LogP contribution >= 0.6 is 0 Å². The molecule has 0 saturated carbocycles. The van der Waals surface area contributed by atoms with Crippen molar-refractivity contribution in [2.75, 3.05) is 17.8 Å². The van der Waals surface area contributed by atoms with Gasteiger partial charge in [-0.15, -0.1) is 0 Å². The Kier molecular flexibility index (Phi) is 5.60. The summed E-state index contributed by atoms with van der Waals surface area (Å²) in [5, 5.41) is 28.8. The van der Waals surface area contributed by atoms with Crippen molar-refractivity contribution >= 4 is 11.8 Å². The van der Waals surface area contributed by atoms with Gasteiger partial charge in [0.25, 0.3) is 0 Å². The average molecular weight is 395 g/mol. The number of imidazole rings is 1. The van der Waals surface area contributed by atoms with Crippen molar-refractivity contribution in [2.24, 2.45) is 5.73 Å². The normalized spacial score (nSPS) is 25.5. The fourth-order valence-corrected chi connectivity index (χ4v) is 2.92. The van der Waals surface area contributed by atoms with E-state index in [4.69, 9.17) is 21.3 Å². The van der Waals surface area contributed by atoms with Crippen LogP contribution in [0.5, 0.6) is 0 Å². The fourth-order valence-electron chi connectivity index (χ4n) is 2.92. The van der Waals surface area contributed by atoms with E-state index in [-0.39, 0.29) is 12.2 Å². The first kappa shape index (κ1) is 19.8. The van der Waals surface area contributed by atoms with Crippen LogP contribution < -0.4 is 22.6 Å². The Morgan fingerprint density at radius 2 is 2.21 bits per heavy atom. The van der Waals surface area contributed by atoms with Crippen molar-refractivity contribution in [3.63, 3.8) is 0 Å². The third-order valence-corrected chi connectivity index (χ3v) is 4.36. The molecule has 28 heavy (non-hydrogen) atoms. The Morgan fingerprint density at radius 3 is 2.86 bits per heavy atom. The molecular weight excluding hydrogens is 374 g/mol. The standard InChI is InChI=1S/C15H21N7O6/c16-8(14(25)26)3-7-4-21(6-18-7)20-11-12(24)9(5-23)28-13(11)22-2-1-10(17)19-15(22)27/h1-2,4,6,8-9,11-13,20,23-24H,3,5,16H2,(H,25,26)(H2,17,19,27)/t8-,9+,11?,12?,13+/m0/s1. The minimum absolute atomic E-state index is 0.0117. The number of carboxylic acid groups (broad SMARTS) is 1. The molecular formula is C15H21N7O6. The van der Waals surface area contributed by atoms with Crippen LogP contribution in [0.2, 0.25) is 0 Å². The van der Waals surface area contributed by atoms with Gasteiger partial charge in [-0.2, -0.15) is 4.98 Å². The van der Waals surface area contributed by atoms with Crippen LogP contribution in [0.4, 0.5) is 5.82 Å². The molecule has 5 atom stereocenters. The predicted molar refractivity (Wildman–Crippen MR) is 94.6 cm³/mol. The highest BCUT2D eigenvalue weighted by Gasteiger charge is 2.45. The zero-order valence-electron chi connectivity index (χ0n) is 14.6. The van der Waals surface area contributed by atoms with E-state index in [1.54, 1.807) is 0 Å². The quantitative estimate of drug-likeness (QED) is 0.276. The summed E-state index contributed by atoms with van der Waals surface area (Å²) in [5.74, 6) is -1.11. The summed E-state index contributed by atoms with van der Waals surface area (Å²) < 4.78 is 8.14. The number of nitrogens with one attached hydrogen (secondary N) is 1. The number of rotatable bonds is 7. The molecule has 1 saturated heterocycles. The van der Waals surface area contributed by atoms with Gasteiger partial charge >= 0.3 is 11.7 Å². The van der Waals surface area contributed by atoms with E-state index >= 15 is 0 Å². The van der Waals surface area contributed by atoms with E-state index in [0.717, 1.165) is 4.57 Å². The summed E-state index contributed by atoms with van der Waals surface area (Å²) in [7, 11) is 0. The highest BCUT2D eigenvalue weighted by molar-refractivity contribution is 5.73. The lowest BCUT2D eigenvalue weighted by Crippen LogP contribution is -2.44. The Morgan fingerprint density at radius 1 is 1.46 bits per heavy atom. The summed E-state index contributed by atoms with van der Waals surface area (Å²) >= 11 is 0. The van der Waals surface area contributed by atoms with Crippen LogP contribution in [-0.2, 0) is 16.0 Å². The smallest absolute Gasteiger partial charge is 0.351 e. The van der Waals surface area contributed by atoms with Crippen molar-refractivity contribution < 1.29 is 24.9 Å². The van der Waals surface area contributed by atoms with Gasteiger partial charge in [-0.1, -0.05) is 0 Å². The molecule has 152 valence electrons. The third kappa shape index (κ3) is 3.96. The zero-order valence-corrected chi connectivity index (χ0v) is 14.6. The number of hydrogen-bond acceptors (Lipinski definition) is 10. The van der Waals surface area contributed by atoms with Crippen LogP contribution in [0.25, 0.3) is 0 Å². The molecule has 0 aromatic carbocycles. The summed E-state index contributed by atoms with van der Waals surface area (Å²) in [6, 6.07) is -0.548. The average Bonchev–Trinajstić information content (AvgIpc) is 3.20. The maximum Gasteiger partial charge on any atom is 0.351 e. The lowest BCUT2D eigenvalue weighted by atomic mass is 10.1. The second-order valence-electron chi connectivity index (χ2n) is 6.36. The van der Waals surface area contributed by atoms with Gasteiger partial charge in [-0.05, 0) is 6.07 Å². The van der Waals surface area contributed by atoms with Gasteiger partial charge < -0.3 is 36.9 Å². The topological polar surface area (TPSA) is 204 Å². The molecule has 13 nitrogen and oxygen atoms in total. The van der Waals surface area contributed by atoms with E-state index < -0.39 is 48.8 Å². The molecule has 0 spiro atoms. The number of anilines is 1. The number of aliphatic hydroxyl groups excluding tert-OH is 2. The molecule has 1 aliphatic heterocycles. The number of nitrogen functional groups attached to an aromatic ring is 1. The van der Waals surface area contributed by atoms with Gasteiger partial charge in [0.1, 0.15) is 36.4 Å². The molecule has 2 unspecified atom stereocenters. The number of carbonyl (C=O) groups is 1. The summed E-state index contributed by atoms with van der Waals surface area (Å²) in [6.07, 6.45) is 1.17. The van der Waals surface area contributed by atoms with Gasteiger partial charge in [0.05, 0.1) is 12.3 Å². The molecule has 0 radical (unpaired) electrons. The highest BCUT2D eigenvalue weighted by Crippen LogP contribution is 2.29. The van der Waals surface area contributed by atoms with Crippen LogP contribution in [0, 0.1) is 0 Å². The largest absolute Gasteiger partial charge is 0.480 e. The van der Waals surface area contributed by atoms with Crippen LogP contribution in [-0.4, -0.2) is 71.4 Å². The van der Waals surface area contributed by atoms with Gasteiger partial charge in [-0.25, -0.2) is 9.78 Å². The third-order valence-electron chi connectivity index (χ3n) is 4.36. The number of ether oxygens (including phenoxy) is 1. The first-order chi connectivity index (χ1) is 13.3. The molecule has 3 heterocycles. The minimum Gasteiger partial charge on any atom is -0.480 e. The highest BCUT2D eigenvalue weighted by atomic mass is 16.5. The Bertz CT molecular complexity index is 899. The van der Waals surface area contributed by atoms with E-state index in [1.165, 1.54) is 29.5 Å². The molecule has 1 fully saturated rings. The number of nitrogens with zero attached hydrogens (tertiary/aromatic N) is 4. The monoisotopic (exact) mass is 395 g/mol. The minimum atomic E-state index is -1.16. The number of aliphatic carboxylic acids is 1. The molecule has 0 bridgehead atoms. The summed E-state index contributed by atoms with van der Waals surface area (Å²) in [4.78, 5) is 30.7. The van der Waals surface area contributed by atoms with Crippen molar-refractivity contribution in [1.82, 2.24) is 19.2 Å². The fraction of sp³-hybridized carbons (Fsp3) is 0.467. The maximum absolute atomic E-state index is 12.1. The Labute approximate surface area is 158 Å². The second kappa shape index (κ2) is 7.93. The number of nitrogens with two attached hydrogens (primary N) is 2. The number of carboxylic acids is 1. The van der Waals surface area contributed by atoms with Gasteiger partial charge in [-0.3, -0.25) is 14.0 Å². The molecule has 8 N–H and O–H groups in total. The van der Waals surface area contributed by atoms with Gasteiger partial charge in [0.2, 0.25) is 0 Å². The summed E-state index contributed by atoms with van der Waals surface area (Å²) in [6.45, 7) is -0.463. The molecule has 2 aromatic heterocycles.